The first-order chi connectivity index (χ1) is 12.8. The summed E-state index contributed by atoms with van der Waals surface area (Å²) >= 11 is 0. The van der Waals surface area contributed by atoms with Crippen molar-refractivity contribution in [2.45, 2.75) is 69.9 Å². The third-order valence-corrected chi connectivity index (χ3v) is 8.69. The lowest BCUT2D eigenvalue weighted by molar-refractivity contribution is -0.277. The topological polar surface area (TPSA) is 98.0 Å². The molecule has 28 heavy (non-hydrogen) atoms. The number of aliphatic hydroxyl groups is 4. The number of ketones is 1. The van der Waals surface area contributed by atoms with Crippen molar-refractivity contribution >= 4 is 5.78 Å². The predicted molar refractivity (Wildman–Crippen MR) is 96.4 cm³/mol. The van der Waals surface area contributed by atoms with Crippen LogP contribution in [0.5, 0.6) is 0 Å². The maximum Gasteiger partial charge on any atom is 0.181 e. The minimum absolute atomic E-state index is 0.0462. The van der Waals surface area contributed by atoms with Crippen molar-refractivity contribution in [1.29, 1.82) is 0 Å². The first-order valence-electron chi connectivity index (χ1n) is 9.89. The highest BCUT2D eigenvalue weighted by atomic mass is 19.1. The van der Waals surface area contributed by atoms with E-state index in [0.29, 0.717) is 0 Å². The van der Waals surface area contributed by atoms with Crippen LogP contribution < -0.4 is 0 Å². The fourth-order valence-electron chi connectivity index (χ4n) is 7.12. The summed E-state index contributed by atoms with van der Waals surface area (Å²) < 4.78 is 32.0. The van der Waals surface area contributed by atoms with Gasteiger partial charge in [0.05, 0.1) is 6.10 Å². The first kappa shape index (κ1) is 20.1. The molecule has 3 fully saturated rings. The van der Waals surface area contributed by atoms with E-state index in [-0.39, 0.29) is 24.8 Å². The van der Waals surface area contributed by atoms with Crippen LogP contribution in [-0.2, 0) is 4.79 Å². The highest BCUT2D eigenvalue weighted by molar-refractivity contribution is 6.01. The number of hydrogen-bond donors (Lipinski definition) is 4. The largest absolute Gasteiger partial charge is 0.390 e. The average Bonchev–Trinajstić information content (AvgIpc) is 2.81. The Morgan fingerprint density at radius 2 is 1.86 bits per heavy atom. The highest BCUT2D eigenvalue weighted by Gasteiger charge is 2.76. The molecule has 0 aromatic heterocycles. The molecule has 9 atom stereocenters. The molecule has 4 rings (SSSR count). The van der Waals surface area contributed by atoms with Gasteiger partial charge in [0.1, 0.15) is 11.8 Å². The van der Waals surface area contributed by atoms with E-state index in [1.54, 1.807) is 13.8 Å². The number of carbonyl (C=O) groups excluding carboxylic acids is 1. The molecular weight excluding hydrogens is 370 g/mol. The highest BCUT2D eigenvalue weighted by Crippen LogP contribution is 2.71. The zero-order chi connectivity index (χ0) is 20.9. The normalized spacial score (nSPS) is 55.6. The van der Waals surface area contributed by atoms with Crippen molar-refractivity contribution in [2.24, 2.45) is 28.6 Å². The lowest BCUT2D eigenvalue weighted by atomic mass is 9.44. The second-order valence-corrected chi connectivity index (χ2v) is 9.70. The molecule has 4 aliphatic carbocycles. The number of aliphatic hydroxyl groups excluding tert-OH is 2. The molecule has 5 nitrogen and oxygen atoms in total. The van der Waals surface area contributed by atoms with Crippen LogP contribution in [0.2, 0.25) is 0 Å². The van der Waals surface area contributed by atoms with Gasteiger partial charge in [-0.2, -0.15) is 0 Å². The molecule has 0 radical (unpaired) electrons. The van der Waals surface area contributed by atoms with Gasteiger partial charge in [-0.3, -0.25) is 4.79 Å². The summed E-state index contributed by atoms with van der Waals surface area (Å²) in [6, 6.07) is 0. The molecule has 156 valence electrons. The van der Waals surface area contributed by atoms with Gasteiger partial charge in [-0.15, -0.1) is 0 Å². The van der Waals surface area contributed by atoms with Gasteiger partial charge in [-0.1, -0.05) is 19.9 Å². The molecule has 3 saturated carbocycles. The molecular formula is C21H28F2O5. The van der Waals surface area contributed by atoms with Gasteiger partial charge in [0, 0.05) is 16.7 Å². The monoisotopic (exact) mass is 398 g/mol. The first-order valence-corrected chi connectivity index (χ1v) is 9.89. The molecule has 7 heteroatoms. The van der Waals surface area contributed by atoms with Crippen molar-refractivity contribution in [2.75, 3.05) is 0 Å². The van der Waals surface area contributed by atoms with E-state index in [1.165, 1.54) is 19.1 Å². The Labute approximate surface area is 162 Å². The van der Waals surface area contributed by atoms with Gasteiger partial charge in [0.25, 0.3) is 0 Å². The molecule has 0 aliphatic heterocycles. The second kappa shape index (κ2) is 5.72. The Morgan fingerprint density at radius 1 is 1.21 bits per heavy atom. The van der Waals surface area contributed by atoms with Gasteiger partial charge < -0.3 is 20.4 Å². The van der Waals surface area contributed by atoms with Gasteiger partial charge in [0.2, 0.25) is 0 Å². The van der Waals surface area contributed by atoms with Crippen LogP contribution in [0.4, 0.5) is 8.78 Å². The van der Waals surface area contributed by atoms with Crippen LogP contribution in [0.15, 0.2) is 23.8 Å². The molecule has 0 saturated heterocycles. The van der Waals surface area contributed by atoms with Crippen LogP contribution in [0.1, 0.15) is 40.0 Å². The van der Waals surface area contributed by atoms with Crippen molar-refractivity contribution < 1.29 is 34.0 Å². The quantitative estimate of drug-likeness (QED) is 0.503. The standard InChI is InChI=1S/C21H28F2O5/c1-10-6-12-13-8-15(22)14-7-11(24)4-5-18(14,2)20(13,23)16(25)9-19(12,3)21(10,28)17(26)27/h4-5,7,10,12-13,15-17,25-28H,6,8-9H2,1-3H3/t10-,12?,13?,15+,16+,18+,19+,20+,21+/m1/s1. The smallest absolute Gasteiger partial charge is 0.181 e. The summed E-state index contributed by atoms with van der Waals surface area (Å²) in [4.78, 5) is 11.8. The van der Waals surface area contributed by atoms with Gasteiger partial charge in [-0.05, 0) is 55.7 Å². The van der Waals surface area contributed by atoms with Crippen molar-refractivity contribution in [1.82, 2.24) is 0 Å². The Balaban J connectivity index is 1.87. The fraction of sp³-hybridized carbons (Fsp3) is 0.762. The molecule has 4 N–H and O–H groups in total. The Bertz CT molecular complexity index is 781. The van der Waals surface area contributed by atoms with E-state index < -0.39 is 64.2 Å². The SMILES string of the molecule is C[C@@H]1CC2C3C[C@H](F)C4=CC(=O)C=C[C@]4(C)[C@@]3(F)[C@@H](O)C[C@]2(C)[C@@]1(O)C(O)O. The third kappa shape index (κ3) is 2.01. The van der Waals surface area contributed by atoms with E-state index in [9.17, 15) is 25.2 Å². The van der Waals surface area contributed by atoms with Crippen LogP contribution in [-0.4, -0.2) is 56.0 Å². The number of allylic oxidation sites excluding steroid dienone is 4. The average molecular weight is 398 g/mol. The summed E-state index contributed by atoms with van der Waals surface area (Å²) in [6.07, 6.45) is -1.58. The summed E-state index contributed by atoms with van der Waals surface area (Å²) in [5.74, 6) is -2.46. The van der Waals surface area contributed by atoms with E-state index in [1.807, 2.05) is 0 Å². The Morgan fingerprint density at radius 3 is 2.46 bits per heavy atom. The Hall–Kier alpha value is -1.15. The lowest BCUT2D eigenvalue weighted by Gasteiger charge is -2.63. The Kier molecular flexibility index (Phi) is 4.11. The number of rotatable bonds is 1. The minimum atomic E-state index is -2.23. The number of hydrogen-bond acceptors (Lipinski definition) is 5. The van der Waals surface area contributed by atoms with Gasteiger partial charge in [-0.25, -0.2) is 8.78 Å². The molecule has 0 heterocycles. The molecule has 0 amide bonds. The van der Waals surface area contributed by atoms with Crippen molar-refractivity contribution in [3.05, 3.63) is 23.8 Å². The molecule has 0 aromatic rings. The molecule has 0 aromatic carbocycles. The van der Waals surface area contributed by atoms with E-state index in [2.05, 4.69) is 0 Å². The van der Waals surface area contributed by atoms with Gasteiger partial charge in [0.15, 0.2) is 17.7 Å². The van der Waals surface area contributed by atoms with Crippen LogP contribution >= 0.6 is 0 Å². The van der Waals surface area contributed by atoms with E-state index >= 15 is 8.78 Å². The zero-order valence-electron chi connectivity index (χ0n) is 16.3. The summed E-state index contributed by atoms with van der Waals surface area (Å²) in [7, 11) is 0. The zero-order valence-corrected chi connectivity index (χ0v) is 16.3. The van der Waals surface area contributed by atoms with Crippen LogP contribution in [0.25, 0.3) is 0 Å². The predicted octanol–water partition coefficient (Wildman–Crippen LogP) is 1.59. The maximum atomic E-state index is 16.8. The second-order valence-electron chi connectivity index (χ2n) is 9.70. The van der Waals surface area contributed by atoms with E-state index in [0.717, 1.165) is 6.08 Å². The third-order valence-electron chi connectivity index (χ3n) is 8.69. The van der Waals surface area contributed by atoms with Crippen molar-refractivity contribution in [3.63, 3.8) is 0 Å². The molecule has 4 aliphatic rings. The fourth-order valence-corrected chi connectivity index (χ4v) is 7.12. The number of alkyl halides is 2. The molecule has 0 spiro atoms. The lowest BCUT2D eigenvalue weighted by Crippen LogP contribution is -2.70. The minimum Gasteiger partial charge on any atom is -0.390 e. The number of carbonyl (C=O) groups is 1. The maximum absolute atomic E-state index is 16.8. The molecule has 2 unspecified atom stereocenters. The molecule has 0 bridgehead atoms. The summed E-state index contributed by atoms with van der Waals surface area (Å²) in [5.41, 5.74) is -6.78. The number of halogens is 2. The van der Waals surface area contributed by atoms with Crippen LogP contribution in [0.3, 0.4) is 0 Å². The van der Waals surface area contributed by atoms with E-state index in [4.69, 9.17) is 0 Å². The summed E-state index contributed by atoms with van der Waals surface area (Å²) in [6.45, 7) is 4.81. The van der Waals surface area contributed by atoms with Gasteiger partial charge >= 0.3 is 0 Å². The number of fused-ring (bicyclic) bond motifs is 5. The summed E-state index contributed by atoms with van der Waals surface area (Å²) in [5, 5.41) is 42.1. The van der Waals surface area contributed by atoms with Crippen molar-refractivity contribution in [3.8, 4) is 0 Å². The van der Waals surface area contributed by atoms with Crippen LogP contribution in [0, 0.1) is 28.6 Å².